The second-order valence-corrected chi connectivity index (χ2v) is 9.54. The lowest BCUT2D eigenvalue weighted by molar-refractivity contribution is -0.0644. The Bertz CT molecular complexity index is 737. The first kappa shape index (κ1) is 17.3. The molecule has 1 saturated carbocycles. The number of allylic oxidation sites excluding steroid dienone is 1. The molecule has 2 aliphatic carbocycles. The third kappa shape index (κ3) is 3.07. The van der Waals surface area contributed by atoms with Gasteiger partial charge in [-0.15, -0.1) is 0 Å². The summed E-state index contributed by atoms with van der Waals surface area (Å²) >= 11 is 0. The van der Waals surface area contributed by atoms with Gasteiger partial charge in [-0.05, 0) is 43.7 Å². The van der Waals surface area contributed by atoms with Crippen LogP contribution in [0.2, 0.25) is 0 Å². The summed E-state index contributed by atoms with van der Waals surface area (Å²) in [6, 6.07) is 8.88. The number of fused-ring (bicyclic) bond motifs is 1. The van der Waals surface area contributed by atoms with Crippen LogP contribution in [0.3, 0.4) is 0 Å². The maximum Gasteiger partial charge on any atom is 0.202 e. The van der Waals surface area contributed by atoms with Crippen LogP contribution in [-0.2, 0) is 14.6 Å². The fourth-order valence-electron chi connectivity index (χ4n) is 5.00. The minimum Gasteiger partial charge on any atom is -0.379 e. The minimum atomic E-state index is -3.35. The molecule has 2 unspecified atom stereocenters. The lowest BCUT2D eigenvalue weighted by Gasteiger charge is -2.54. The van der Waals surface area contributed by atoms with Gasteiger partial charge in [0.15, 0.2) is 0 Å². The molecule has 0 bridgehead atoms. The number of hydrogen-bond acceptors (Lipinski definition) is 4. The average molecular weight is 362 g/mol. The van der Waals surface area contributed by atoms with Crippen LogP contribution in [-0.4, -0.2) is 45.2 Å². The van der Waals surface area contributed by atoms with Gasteiger partial charge < -0.3 is 4.74 Å². The molecule has 0 N–H and O–H groups in total. The highest BCUT2D eigenvalue weighted by Gasteiger charge is 2.48. The molecular formula is C20H27NO3S. The van der Waals surface area contributed by atoms with Gasteiger partial charge in [-0.25, -0.2) is 8.42 Å². The highest BCUT2D eigenvalue weighted by molar-refractivity contribution is 7.95. The molecule has 0 spiro atoms. The first-order valence-electron chi connectivity index (χ1n) is 9.45. The van der Waals surface area contributed by atoms with E-state index in [9.17, 15) is 8.42 Å². The molecular weight excluding hydrogens is 334 g/mol. The van der Waals surface area contributed by atoms with Crippen molar-refractivity contribution in [3.8, 4) is 0 Å². The van der Waals surface area contributed by atoms with E-state index < -0.39 is 9.84 Å². The lowest BCUT2D eigenvalue weighted by atomic mass is 9.66. The van der Waals surface area contributed by atoms with E-state index in [0.29, 0.717) is 22.1 Å². The molecule has 3 aliphatic rings. The number of rotatable bonds is 3. The molecule has 1 heterocycles. The molecule has 5 heteroatoms. The topological polar surface area (TPSA) is 46.6 Å². The summed E-state index contributed by atoms with van der Waals surface area (Å²) in [6.45, 7) is 3.55. The van der Waals surface area contributed by atoms with E-state index in [2.05, 4.69) is 4.90 Å². The van der Waals surface area contributed by atoms with Crippen LogP contribution in [0.5, 0.6) is 0 Å². The predicted octanol–water partition coefficient (Wildman–Crippen LogP) is 3.40. The molecule has 1 saturated heterocycles. The maximum atomic E-state index is 13.0. The van der Waals surface area contributed by atoms with E-state index in [-0.39, 0.29) is 5.54 Å². The van der Waals surface area contributed by atoms with Crippen LogP contribution >= 0.6 is 0 Å². The molecule has 0 radical (unpaired) electrons. The van der Waals surface area contributed by atoms with Crippen molar-refractivity contribution < 1.29 is 13.2 Å². The highest BCUT2D eigenvalue weighted by atomic mass is 32.2. The summed E-state index contributed by atoms with van der Waals surface area (Å²) in [5.41, 5.74) is 0.151. The Kier molecular flexibility index (Phi) is 4.73. The van der Waals surface area contributed by atoms with Crippen molar-refractivity contribution in [2.24, 2.45) is 5.92 Å². The van der Waals surface area contributed by atoms with Crippen LogP contribution in [0, 0.1) is 5.92 Å². The zero-order valence-electron chi connectivity index (χ0n) is 14.7. The Morgan fingerprint density at radius 2 is 1.84 bits per heavy atom. The quantitative estimate of drug-likeness (QED) is 0.828. The Morgan fingerprint density at radius 3 is 2.60 bits per heavy atom. The van der Waals surface area contributed by atoms with Gasteiger partial charge >= 0.3 is 0 Å². The fraction of sp³-hybridized carbons (Fsp3) is 0.600. The van der Waals surface area contributed by atoms with Crippen molar-refractivity contribution in [2.75, 3.05) is 26.3 Å². The number of hydrogen-bond donors (Lipinski definition) is 0. The highest BCUT2D eigenvalue weighted by Crippen LogP contribution is 2.48. The molecule has 1 aliphatic heterocycles. The molecule has 2 fully saturated rings. The van der Waals surface area contributed by atoms with Crippen molar-refractivity contribution in [1.82, 2.24) is 4.90 Å². The summed E-state index contributed by atoms with van der Waals surface area (Å²) in [6.07, 6.45) is 8.37. The molecule has 4 rings (SSSR count). The van der Waals surface area contributed by atoms with Gasteiger partial charge in [0.25, 0.3) is 0 Å². The van der Waals surface area contributed by atoms with Gasteiger partial charge in [-0.2, -0.15) is 0 Å². The van der Waals surface area contributed by atoms with E-state index in [0.717, 1.165) is 39.1 Å². The van der Waals surface area contributed by atoms with E-state index >= 15 is 0 Å². The Hall–Kier alpha value is -1.17. The van der Waals surface area contributed by atoms with Crippen LogP contribution < -0.4 is 0 Å². The number of ether oxygens (including phenoxy) is 1. The Morgan fingerprint density at radius 1 is 1.08 bits per heavy atom. The standard InChI is InChI=1S/C20H27NO3S/c22-25(23,18-7-2-1-3-8-18)19-9-11-20(21-12-14-24-15-13-21)10-5-4-6-17(20)16-19/h1-3,7-9,17H,4-6,10-16H2. The molecule has 25 heavy (non-hydrogen) atoms. The second-order valence-electron chi connectivity index (χ2n) is 7.54. The van der Waals surface area contributed by atoms with Crippen LogP contribution in [0.1, 0.15) is 38.5 Å². The van der Waals surface area contributed by atoms with Crippen molar-refractivity contribution in [3.63, 3.8) is 0 Å². The lowest BCUT2D eigenvalue weighted by Crippen LogP contribution is -2.59. The van der Waals surface area contributed by atoms with Crippen molar-refractivity contribution >= 4 is 9.84 Å². The number of benzene rings is 1. The zero-order valence-corrected chi connectivity index (χ0v) is 15.5. The SMILES string of the molecule is O=S(=O)(C1=CCC2(N3CCOCC3)CCCCC2C1)c1ccccc1. The third-order valence-corrected chi connectivity index (χ3v) is 8.26. The van der Waals surface area contributed by atoms with Crippen LogP contribution in [0.4, 0.5) is 0 Å². The molecule has 1 aromatic rings. The maximum absolute atomic E-state index is 13.0. The third-order valence-electron chi connectivity index (χ3n) is 6.34. The normalized spacial score (nSPS) is 31.2. The Labute approximate surface area is 150 Å². The van der Waals surface area contributed by atoms with Gasteiger partial charge in [0.05, 0.1) is 18.1 Å². The van der Waals surface area contributed by atoms with Crippen molar-refractivity contribution in [3.05, 3.63) is 41.3 Å². The molecule has 136 valence electrons. The molecule has 0 aromatic heterocycles. The van der Waals surface area contributed by atoms with Gasteiger partial charge in [0, 0.05) is 23.5 Å². The monoisotopic (exact) mass is 361 g/mol. The molecule has 4 nitrogen and oxygen atoms in total. The summed E-state index contributed by atoms with van der Waals surface area (Å²) in [4.78, 5) is 3.66. The molecule has 2 atom stereocenters. The largest absolute Gasteiger partial charge is 0.379 e. The predicted molar refractivity (Wildman–Crippen MR) is 98.0 cm³/mol. The fourth-order valence-corrected chi connectivity index (χ4v) is 6.54. The summed E-state index contributed by atoms with van der Waals surface area (Å²) < 4.78 is 31.6. The van der Waals surface area contributed by atoms with E-state index in [1.807, 2.05) is 12.1 Å². The molecule has 1 aromatic carbocycles. The average Bonchev–Trinajstić information content (AvgIpc) is 2.69. The van der Waals surface area contributed by atoms with Crippen LogP contribution in [0.25, 0.3) is 0 Å². The molecule has 0 amide bonds. The van der Waals surface area contributed by atoms with Gasteiger partial charge in [-0.1, -0.05) is 37.1 Å². The van der Waals surface area contributed by atoms with Gasteiger partial charge in [0.1, 0.15) is 0 Å². The van der Waals surface area contributed by atoms with Gasteiger partial charge in [0.2, 0.25) is 9.84 Å². The first-order chi connectivity index (χ1) is 12.1. The summed E-state index contributed by atoms with van der Waals surface area (Å²) in [5.74, 6) is 0.442. The van der Waals surface area contributed by atoms with E-state index in [4.69, 9.17) is 4.74 Å². The van der Waals surface area contributed by atoms with E-state index in [1.165, 1.54) is 19.3 Å². The number of morpholine rings is 1. The van der Waals surface area contributed by atoms with Crippen LogP contribution in [0.15, 0.2) is 46.2 Å². The second kappa shape index (κ2) is 6.86. The summed E-state index contributed by atoms with van der Waals surface area (Å²) in [7, 11) is -3.35. The summed E-state index contributed by atoms with van der Waals surface area (Å²) in [5, 5.41) is 0. The Balaban J connectivity index is 1.65. The number of nitrogens with zero attached hydrogens (tertiary/aromatic N) is 1. The zero-order chi connectivity index (χ0) is 17.3. The first-order valence-corrected chi connectivity index (χ1v) is 10.9. The van der Waals surface area contributed by atoms with Gasteiger partial charge in [-0.3, -0.25) is 4.90 Å². The minimum absolute atomic E-state index is 0.151. The van der Waals surface area contributed by atoms with Crippen molar-refractivity contribution in [2.45, 2.75) is 49.0 Å². The smallest absolute Gasteiger partial charge is 0.202 e. The van der Waals surface area contributed by atoms with E-state index in [1.54, 1.807) is 24.3 Å². The number of sulfone groups is 1. The van der Waals surface area contributed by atoms with Crippen molar-refractivity contribution in [1.29, 1.82) is 0 Å².